The summed E-state index contributed by atoms with van der Waals surface area (Å²) in [6.07, 6.45) is 1.59. The van der Waals surface area contributed by atoms with Crippen molar-refractivity contribution in [2.75, 3.05) is 5.32 Å². The van der Waals surface area contributed by atoms with Gasteiger partial charge in [0.15, 0.2) is 5.69 Å². The summed E-state index contributed by atoms with van der Waals surface area (Å²) in [5.74, 6) is -0.0613. The van der Waals surface area contributed by atoms with Crippen molar-refractivity contribution in [2.24, 2.45) is 0 Å². The molecule has 0 saturated heterocycles. The summed E-state index contributed by atoms with van der Waals surface area (Å²) in [5, 5.41) is 2.65. The van der Waals surface area contributed by atoms with Gasteiger partial charge < -0.3 is 10.1 Å². The Labute approximate surface area is 131 Å². The minimum atomic E-state index is -0.410. The average molecular weight is 309 g/mol. The molecule has 4 rings (SSSR count). The van der Waals surface area contributed by atoms with Crippen molar-refractivity contribution in [1.82, 2.24) is 9.55 Å². The number of para-hydroxylation sites is 2. The lowest BCUT2D eigenvalue weighted by Gasteiger charge is -2.20. The number of hydrogen-bond donors (Lipinski definition) is 1. The standard InChI is InChI=1S/C17H12FN3O2/c18-11-4-3-5-12(8-11)20-17(22)16-14-9-23-15-7-2-1-6-13(15)21(14)10-19-16/h1-8,10H,9H2,(H,20,22). The van der Waals surface area contributed by atoms with Gasteiger partial charge in [0, 0.05) is 5.69 Å². The summed E-state index contributed by atoms with van der Waals surface area (Å²) in [4.78, 5) is 16.6. The second kappa shape index (κ2) is 5.24. The zero-order chi connectivity index (χ0) is 15.8. The van der Waals surface area contributed by atoms with E-state index in [2.05, 4.69) is 10.3 Å². The molecule has 23 heavy (non-hydrogen) atoms. The number of aromatic nitrogens is 2. The minimum Gasteiger partial charge on any atom is -0.485 e. The minimum absolute atomic E-state index is 0.253. The number of imidazole rings is 1. The number of fused-ring (bicyclic) bond motifs is 3. The summed E-state index contributed by atoms with van der Waals surface area (Å²) in [6, 6.07) is 13.3. The Morgan fingerprint density at radius 1 is 1.22 bits per heavy atom. The Kier molecular flexibility index (Phi) is 3.08. The van der Waals surface area contributed by atoms with Gasteiger partial charge in [0.2, 0.25) is 0 Å². The monoisotopic (exact) mass is 309 g/mol. The quantitative estimate of drug-likeness (QED) is 0.791. The van der Waals surface area contributed by atoms with E-state index in [1.54, 1.807) is 12.4 Å². The third-order valence-corrected chi connectivity index (χ3v) is 3.65. The van der Waals surface area contributed by atoms with Crippen LogP contribution in [0.3, 0.4) is 0 Å². The number of anilines is 1. The van der Waals surface area contributed by atoms with Crippen molar-refractivity contribution >= 4 is 11.6 Å². The number of ether oxygens (including phenoxy) is 1. The third kappa shape index (κ3) is 2.34. The zero-order valence-corrected chi connectivity index (χ0v) is 12.0. The molecule has 0 saturated carbocycles. The molecule has 0 spiro atoms. The molecule has 3 aromatic rings. The van der Waals surface area contributed by atoms with E-state index >= 15 is 0 Å². The Bertz CT molecular complexity index is 904. The van der Waals surface area contributed by atoms with Crippen LogP contribution < -0.4 is 10.1 Å². The van der Waals surface area contributed by atoms with Crippen LogP contribution in [-0.4, -0.2) is 15.5 Å². The van der Waals surface area contributed by atoms with Gasteiger partial charge in [-0.1, -0.05) is 18.2 Å². The number of nitrogens with one attached hydrogen (secondary N) is 1. The maximum absolute atomic E-state index is 13.2. The number of hydrogen-bond acceptors (Lipinski definition) is 3. The number of rotatable bonds is 2. The Hall–Kier alpha value is -3.15. The highest BCUT2D eigenvalue weighted by Crippen LogP contribution is 2.30. The lowest BCUT2D eigenvalue weighted by molar-refractivity contribution is 0.101. The maximum atomic E-state index is 13.2. The van der Waals surface area contributed by atoms with Gasteiger partial charge >= 0.3 is 0 Å². The first-order valence-corrected chi connectivity index (χ1v) is 7.08. The predicted octanol–water partition coefficient (Wildman–Crippen LogP) is 3.16. The zero-order valence-electron chi connectivity index (χ0n) is 12.0. The predicted molar refractivity (Wildman–Crippen MR) is 82.2 cm³/mol. The molecule has 2 aromatic carbocycles. The van der Waals surface area contributed by atoms with Crippen molar-refractivity contribution in [2.45, 2.75) is 6.61 Å². The van der Waals surface area contributed by atoms with Gasteiger partial charge in [0.05, 0.1) is 11.4 Å². The lowest BCUT2D eigenvalue weighted by Crippen LogP contribution is -2.19. The van der Waals surface area contributed by atoms with E-state index in [1.807, 2.05) is 28.8 Å². The van der Waals surface area contributed by atoms with Crippen molar-refractivity contribution in [3.8, 4) is 11.4 Å². The van der Waals surface area contributed by atoms with Crippen molar-refractivity contribution in [3.05, 3.63) is 72.1 Å². The smallest absolute Gasteiger partial charge is 0.276 e. The van der Waals surface area contributed by atoms with Crippen LogP contribution in [0, 0.1) is 5.82 Å². The Morgan fingerprint density at radius 2 is 2.09 bits per heavy atom. The molecule has 0 fully saturated rings. The van der Waals surface area contributed by atoms with Crippen LogP contribution in [0.2, 0.25) is 0 Å². The van der Waals surface area contributed by atoms with Crippen molar-refractivity contribution in [3.63, 3.8) is 0 Å². The van der Waals surface area contributed by atoms with E-state index in [4.69, 9.17) is 4.74 Å². The largest absolute Gasteiger partial charge is 0.485 e. The molecule has 0 atom stereocenters. The van der Waals surface area contributed by atoms with E-state index < -0.39 is 11.7 Å². The summed E-state index contributed by atoms with van der Waals surface area (Å²) >= 11 is 0. The number of benzene rings is 2. The number of carbonyl (C=O) groups excluding carboxylic acids is 1. The number of carbonyl (C=O) groups is 1. The molecule has 0 bridgehead atoms. The van der Waals surface area contributed by atoms with Gasteiger partial charge in [-0.3, -0.25) is 9.36 Å². The molecular weight excluding hydrogens is 297 g/mol. The van der Waals surface area contributed by atoms with Crippen LogP contribution in [-0.2, 0) is 6.61 Å². The number of halogens is 1. The molecule has 1 aliphatic heterocycles. The molecule has 2 heterocycles. The SMILES string of the molecule is O=C(Nc1cccc(F)c1)c1ncn2c1COc1ccccc1-2. The molecule has 114 valence electrons. The fourth-order valence-electron chi connectivity index (χ4n) is 2.59. The highest BCUT2D eigenvalue weighted by molar-refractivity contribution is 6.03. The van der Waals surface area contributed by atoms with Gasteiger partial charge in [-0.05, 0) is 30.3 Å². The first kappa shape index (κ1) is 13.5. The Balaban J connectivity index is 1.67. The van der Waals surface area contributed by atoms with Crippen LogP contribution in [0.25, 0.3) is 5.69 Å². The molecule has 6 heteroatoms. The van der Waals surface area contributed by atoms with Crippen LogP contribution in [0.1, 0.15) is 16.2 Å². The van der Waals surface area contributed by atoms with Crippen LogP contribution in [0.15, 0.2) is 54.9 Å². The molecule has 0 aliphatic carbocycles. The summed E-state index contributed by atoms with van der Waals surface area (Å²) in [7, 11) is 0. The molecule has 1 aliphatic rings. The molecule has 1 N–H and O–H groups in total. The molecule has 5 nitrogen and oxygen atoms in total. The second-order valence-electron chi connectivity index (χ2n) is 5.13. The van der Waals surface area contributed by atoms with E-state index in [0.717, 1.165) is 11.4 Å². The fraction of sp³-hybridized carbons (Fsp3) is 0.0588. The maximum Gasteiger partial charge on any atom is 0.276 e. The highest BCUT2D eigenvalue weighted by atomic mass is 19.1. The normalized spacial score (nSPS) is 12.0. The Morgan fingerprint density at radius 3 is 2.96 bits per heavy atom. The third-order valence-electron chi connectivity index (χ3n) is 3.65. The van der Waals surface area contributed by atoms with Gasteiger partial charge in [0.25, 0.3) is 5.91 Å². The lowest BCUT2D eigenvalue weighted by atomic mass is 10.2. The van der Waals surface area contributed by atoms with Crippen LogP contribution in [0.5, 0.6) is 5.75 Å². The van der Waals surface area contributed by atoms with E-state index in [-0.39, 0.29) is 12.3 Å². The van der Waals surface area contributed by atoms with E-state index in [1.165, 1.54) is 18.2 Å². The molecule has 1 amide bonds. The highest BCUT2D eigenvalue weighted by Gasteiger charge is 2.24. The fourth-order valence-corrected chi connectivity index (χ4v) is 2.59. The van der Waals surface area contributed by atoms with E-state index in [0.29, 0.717) is 11.4 Å². The molecule has 0 radical (unpaired) electrons. The van der Waals surface area contributed by atoms with E-state index in [9.17, 15) is 9.18 Å². The van der Waals surface area contributed by atoms with Gasteiger partial charge in [-0.2, -0.15) is 0 Å². The van der Waals surface area contributed by atoms with Gasteiger partial charge in [-0.15, -0.1) is 0 Å². The van der Waals surface area contributed by atoms with Crippen molar-refractivity contribution in [1.29, 1.82) is 0 Å². The summed E-state index contributed by atoms with van der Waals surface area (Å²) in [6.45, 7) is 0.253. The second-order valence-corrected chi connectivity index (χ2v) is 5.13. The topological polar surface area (TPSA) is 56.2 Å². The van der Waals surface area contributed by atoms with Gasteiger partial charge in [0.1, 0.15) is 24.5 Å². The molecule has 1 aromatic heterocycles. The average Bonchev–Trinajstić information content (AvgIpc) is 2.99. The van der Waals surface area contributed by atoms with Crippen LogP contribution >= 0.6 is 0 Å². The first-order valence-electron chi connectivity index (χ1n) is 7.08. The summed E-state index contributed by atoms with van der Waals surface area (Å²) < 4.78 is 20.7. The first-order chi connectivity index (χ1) is 11.2. The number of amides is 1. The van der Waals surface area contributed by atoms with Crippen LogP contribution in [0.4, 0.5) is 10.1 Å². The molecule has 0 unspecified atom stereocenters. The number of nitrogens with zero attached hydrogens (tertiary/aromatic N) is 2. The van der Waals surface area contributed by atoms with Gasteiger partial charge in [-0.25, -0.2) is 9.37 Å². The molecular formula is C17H12FN3O2. The van der Waals surface area contributed by atoms with Crippen molar-refractivity contribution < 1.29 is 13.9 Å². The summed E-state index contributed by atoms with van der Waals surface area (Å²) in [5.41, 5.74) is 2.15.